The summed E-state index contributed by atoms with van der Waals surface area (Å²) in [4.78, 5) is 3.84. The van der Waals surface area contributed by atoms with Crippen molar-refractivity contribution in [2.24, 2.45) is 5.73 Å². The van der Waals surface area contributed by atoms with Gasteiger partial charge < -0.3 is 5.73 Å². The molecule has 1 aliphatic rings. The van der Waals surface area contributed by atoms with E-state index in [1.165, 1.54) is 28.8 Å². The summed E-state index contributed by atoms with van der Waals surface area (Å²) < 4.78 is 0. The lowest BCUT2D eigenvalue weighted by atomic mass is 10.0. The third-order valence-electron chi connectivity index (χ3n) is 4.39. The molecule has 1 fully saturated rings. The minimum atomic E-state index is 0.323. The molecule has 21 heavy (non-hydrogen) atoms. The first-order valence-electron chi connectivity index (χ1n) is 7.80. The molecule has 1 heterocycles. The van der Waals surface area contributed by atoms with Crippen LogP contribution in [-0.2, 0) is 6.42 Å². The highest BCUT2D eigenvalue weighted by Gasteiger charge is 2.24. The standard InChI is InChI=1S/C18H24N2S/c1-20(10-9-17-6-3-11-21-17)18(13-19)16-5-2-4-15(12-16)14-7-8-14/h2-6,11-12,14,18H,7-10,13,19H2,1H3. The van der Waals surface area contributed by atoms with Gasteiger partial charge in [-0.25, -0.2) is 0 Å². The summed E-state index contributed by atoms with van der Waals surface area (Å²) in [5.41, 5.74) is 8.93. The minimum absolute atomic E-state index is 0.323. The second kappa shape index (κ2) is 6.73. The molecule has 0 saturated heterocycles. The summed E-state index contributed by atoms with van der Waals surface area (Å²) in [6.45, 7) is 1.73. The molecule has 3 rings (SSSR count). The highest BCUT2D eigenvalue weighted by atomic mass is 32.1. The largest absolute Gasteiger partial charge is 0.329 e. The topological polar surface area (TPSA) is 29.3 Å². The van der Waals surface area contributed by atoms with E-state index in [1.54, 1.807) is 0 Å². The molecule has 0 aliphatic heterocycles. The van der Waals surface area contributed by atoms with Gasteiger partial charge in [0.05, 0.1) is 0 Å². The Hall–Kier alpha value is -1.16. The Bertz CT molecular complexity index is 560. The molecule has 1 saturated carbocycles. The van der Waals surface area contributed by atoms with E-state index in [0.717, 1.165) is 18.9 Å². The lowest BCUT2D eigenvalue weighted by Gasteiger charge is -2.27. The van der Waals surface area contributed by atoms with Crippen molar-refractivity contribution in [1.82, 2.24) is 4.90 Å². The van der Waals surface area contributed by atoms with Crippen molar-refractivity contribution in [3.05, 3.63) is 57.8 Å². The second-order valence-electron chi connectivity index (χ2n) is 6.01. The molecule has 0 spiro atoms. The van der Waals surface area contributed by atoms with Gasteiger partial charge in [0.25, 0.3) is 0 Å². The van der Waals surface area contributed by atoms with Crippen molar-refractivity contribution in [1.29, 1.82) is 0 Å². The quantitative estimate of drug-likeness (QED) is 0.842. The van der Waals surface area contributed by atoms with Crippen molar-refractivity contribution in [2.45, 2.75) is 31.2 Å². The zero-order valence-electron chi connectivity index (χ0n) is 12.7. The molecular formula is C18H24N2S. The van der Waals surface area contributed by atoms with Crippen LogP contribution >= 0.6 is 11.3 Å². The van der Waals surface area contributed by atoms with Crippen molar-refractivity contribution in [3.63, 3.8) is 0 Å². The van der Waals surface area contributed by atoms with Gasteiger partial charge in [0.2, 0.25) is 0 Å². The summed E-state index contributed by atoms with van der Waals surface area (Å²) in [5, 5.41) is 2.15. The molecule has 1 unspecified atom stereocenters. The van der Waals surface area contributed by atoms with Gasteiger partial charge >= 0.3 is 0 Å². The zero-order chi connectivity index (χ0) is 14.7. The summed E-state index contributed by atoms with van der Waals surface area (Å²) >= 11 is 1.84. The van der Waals surface area contributed by atoms with Crippen LogP contribution in [0.2, 0.25) is 0 Å². The van der Waals surface area contributed by atoms with E-state index in [0.29, 0.717) is 12.6 Å². The fraction of sp³-hybridized carbons (Fsp3) is 0.444. The van der Waals surface area contributed by atoms with E-state index in [4.69, 9.17) is 5.73 Å². The first-order valence-corrected chi connectivity index (χ1v) is 8.68. The average Bonchev–Trinajstić information content (AvgIpc) is 3.23. The van der Waals surface area contributed by atoms with Crippen molar-refractivity contribution < 1.29 is 0 Å². The van der Waals surface area contributed by atoms with Gasteiger partial charge in [-0.05, 0) is 54.8 Å². The Labute approximate surface area is 131 Å². The maximum absolute atomic E-state index is 6.06. The minimum Gasteiger partial charge on any atom is -0.329 e. The molecular weight excluding hydrogens is 276 g/mol. The summed E-state index contributed by atoms with van der Waals surface area (Å²) in [5.74, 6) is 0.805. The van der Waals surface area contributed by atoms with E-state index in [9.17, 15) is 0 Å². The first-order chi connectivity index (χ1) is 10.3. The number of benzene rings is 1. The SMILES string of the molecule is CN(CCc1cccs1)C(CN)c1cccc(C2CC2)c1. The smallest absolute Gasteiger partial charge is 0.0467 e. The third kappa shape index (κ3) is 3.73. The fourth-order valence-corrected chi connectivity index (χ4v) is 3.60. The lowest BCUT2D eigenvalue weighted by molar-refractivity contribution is 0.253. The Morgan fingerprint density at radius 1 is 1.29 bits per heavy atom. The highest BCUT2D eigenvalue weighted by Crippen LogP contribution is 2.40. The molecule has 2 aromatic rings. The van der Waals surface area contributed by atoms with Gasteiger partial charge in [-0.1, -0.05) is 30.3 Å². The Morgan fingerprint density at radius 2 is 2.14 bits per heavy atom. The molecule has 2 N–H and O–H groups in total. The van der Waals surface area contributed by atoms with Crippen molar-refractivity contribution in [3.8, 4) is 0 Å². The maximum atomic E-state index is 6.06. The number of nitrogens with two attached hydrogens (primary N) is 1. The van der Waals surface area contributed by atoms with E-state index < -0.39 is 0 Å². The molecule has 0 amide bonds. The molecule has 2 nitrogen and oxygen atoms in total. The molecule has 1 aromatic carbocycles. The molecule has 3 heteroatoms. The summed E-state index contributed by atoms with van der Waals surface area (Å²) in [7, 11) is 2.19. The number of rotatable bonds is 7. The predicted octanol–water partition coefficient (Wildman–Crippen LogP) is 3.80. The van der Waals surface area contributed by atoms with Crippen molar-refractivity contribution in [2.75, 3.05) is 20.1 Å². The predicted molar refractivity (Wildman–Crippen MR) is 90.9 cm³/mol. The van der Waals surface area contributed by atoms with E-state index in [2.05, 4.69) is 53.7 Å². The van der Waals surface area contributed by atoms with Crippen LogP contribution in [-0.4, -0.2) is 25.0 Å². The zero-order valence-corrected chi connectivity index (χ0v) is 13.5. The van der Waals surface area contributed by atoms with Gasteiger partial charge in [0.15, 0.2) is 0 Å². The first kappa shape index (κ1) is 14.8. The highest BCUT2D eigenvalue weighted by molar-refractivity contribution is 7.09. The Morgan fingerprint density at radius 3 is 2.81 bits per heavy atom. The van der Waals surface area contributed by atoms with Gasteiger partial charge in [-0.2, -0.15) is 0 Å². The van der Waals surface area contributed by atoms with Crippen LogP contribution in [0.5, 0.6) is 0 Å². The van der Waals surface area contributed by atoms with Gasteiger partial charge in [0.1, 0.15) is 0 Å². The van der Waals surface area contributed by atoms with Gasteiger partial charge in [-0.15, -0.1) is 11.3 Å². The molecule has 1 aliphatic carbocycles. The van der Waals surface area contributed by atoms with Crippen LogP contribution in [0.3, 0.4) is 0 Å². The summed E-state index contributed by atoms with van der Waals surface area (Å²) in [6.07, 6.45) is 3.81. The van der Waals surface area contributed by atoms with E-state index in [1.807, 2.05) is 11.3 Å². The Kier molecular flexibility index (Phi) is 4.73. The second-order valence-corrected chi connectivity index (χ2v) is 7.04. The monoisotopic (exact) mass is 300 g/mol. The molecule has 1 atom stereocenters. The van der Waals surface area contributed by atoms with Crippen LogP contribution in [0.1, 0.15) is 40.8 Å². The molecule has 1 aromatic heterocycles. The number of hydrogen-bond acceptors (Lipinski definition) is 3. The number of thiophene rings is 1. The van der Waals surface area contributed by atoms with Crippen LogP contribution in [0, 0.1) is 0 Å². The molecule has 112 valence electrons. The maximum Gasteiger partial charge on any atom is 0.0467 e. The van der Waals surface area contributed by atoms with Crippen molar-refractivity contribution >= 4 is 11.3 Å². The van der Waals surface area contributed by atoms with Crippen LogP contribution in [0.25, 0.3) is 0 Å². The molecule has 0 bridgehead atoms. The van der Waals surface area contributed by atoms with Crippen LogP contribution < -0.4 is 5.73 Å². The van der Waals surface area contributed by atoms with Crippen LogP contribution in [0.15, 0.2) is 41.8 Å². The summed E-state index contributed by atoms with van der Waals surface area (Å²) in [6, 6.07) is 13.7. The third-order valence-corrected chi connectivity index (χ3v) is 5.33. The van der Waals surface area contributed by atoms with E-state index in [-0.39, 0.29) is 0 Å². The number of nitrogens with zero attached hydrogens (tertiary/aromatic N) is 1. The number of hydrogen-bond donors (Lipinski definition) is 1. The Balaban J connectivity index is 1.66. The fourth-order valence-electron chi connectivity index (χ4n) is 2.90. The lowest BCUT2D eigenvalue weighted by Crippen LogP contribution is -2.32. The normalized spacial score (nSPS) is 16.3. The van der Waals surface area contributed by atoms with E-state index >= 15 is 0 Å². The van der Waals surface area contributed by atoms with Gasteiger partial charge in [-0.3, -0.25) is 4.90 Å². The van der Waals surface area contributed by atoms with Crippen LogP contribution in [0.4, 0.5) is 0 Å². The van der Waals surface area contributed by atoms with Gasteiger partial charge in [0, 0.05) is 24.0 Å². The average molecular weight is 300 g/mol. The number of likely N-dealkylation sites (N-methyl/N-ethyl adjacent to an activating group) is 1. The molecule has 0 radical (unpaired) electrons.